The number of hydrogen-bond donors (Lipinski definition) is 1. The van der Waals surface area contributed by atoms with Crippen LogP contribution in [-0.4, -0.2) is 20.9 Å². The molecule has 0 atom stereocenters. The van der Waals surface area contributed by atoms with Crippen molar-refractivity contribution >= 4 is 32.8 Å². The summed E-state index contributed by atoms with van der Waals surface area (Å²) < 4.78 is 2.80. The predicted octanol–water partition coefficient (Wildman–Crippen LogP) is 4.00. The molecule has 5 heteroatoms. The van der Waals surface area contributed by atoms with Crippen molar-refractivity contribution in [2.24, 2.45) is 0 Å². The Balaban J connectivity index is 2.16. The molecular weight excluding hydrogens is 308 g/mol. The molecule has 1 N–H and O–H groups in total. The highest BCUT2D eigenvalue weighted by atomic mass is 79.9. The normalized spacial score (nSPS) is 16.9. The van der Waals surface area contributed by atoms with E-state index in [4.69, 9.17) is 0 Å². The van der Waals surface area contributed by atoms with Crippen LogP contribution in [0.2, 0.25) is 0 Å². The SMILES string of the molecule is O=C(O)c1nn(C2CCCCC2)c2ccc(Br)cc12. The summed E-state index contributed by atoms with van der Waals surface area (Å²) in [5, 5.41) is 14.4. The molecule has 1 aromatic carbocycles. The van der Waals surface area contributed by atoms with E-state index in [0.717, 1.165) is 22.8 Å². The van der Waals surface area contributed by atoms with Gasteiger partial charge in [-0.25, -0.2) is 4.79 Å². The fourth-order valence-electron chi connectivity index (χ4n) is 2.88. The lowest BCUT2D eigenvalue weighted by molar-refractivity contribution is 0.0691. The van der Waals surface area contributed by atoms with Crippen LogP contribution >= 0.6 is 15.9 Å². The van der Waals surface area contributed by atoms with Crippen molar-refractivity contribution in [1.82, 2.24) is 9.78 Å². The summed E-state index contributed by atoms with van der Waals surface area (Å²) in [7, 11) is 0. The molecule has 1 heterocycles. The standard InChI is InChI=1S/C14H15BrN2O2/c15-9-6-7-12-11(8-9)13(14(18)19)16-17(12)10-4-2-1-3-5-10/h6-8,10H,1-5H2,(H,18,19). The molecule has 1 fully saturated rings. The summed E-state index contributed by atoms with van der Waals surface area (Å²) in [4.78, 5) is 11.3. The Hall–Kier alpha value is -1.36. The number of aromatic nitrogens is 2. The first-order valence-corrected chi connectivity index (χ1v) is 7.37. The average Bonchev–Trinajstić information content (AvgIpc) is 2.78. The fraction of sp³-hybridized carbons (Fsp3) is 0.429. The monoisotopic (exact) mass is 322 g/mol. The highest BCUT2D eigenvalue weighted by molar-refractivity contribution is 9.10. The first-order chi connectivity index (χ1) is 9.16. The number of benzene rings is 1. The molecular formula is C14H15BrN2O2. The number of halogens is 1. The van der Waals surface area contributed by atoms with Crippen LogP contribution in [0.1, 0.15) is 48.6 Å². The Bertz CT molecular complexity index is 630. The minimum Gasteiger partial charge on any atom is -0.476 e. The molecule has 0 bridgehead atoms. The average molecular weight is 323 g/mol. The zero-order valence-corrected chi connectivity index (χ0v) is 12.1. The molecule has 19 heavy (non-hydrogen) atoms. The van der Waals surface area contributed by atoms with Gasteiger partial charge >= 0.3 is 5.97 Å². The summed E-state index contributed by atoms with van der Waals surface area (Å²) in [6, 6.07) is 6.07. The van der Waals surface area contributed by atoms with Crippen LogP contribution in [0.3, 0.4) is 0 Å². The van der Waals surface area contributed by atoms with E-state index in [-0.39, 0.29) is 5.69 Å². The second kappa shape index (κ2) is 4.96. The highest BCUT2D eigenvalue weighted by Gasteiger charge is 2.22. The number of hydrogen-bond acceptors (Lipinski definition) is 2. The number of carboxylic acids is 1. The van der Waals surface area contributed by atoms with E-state index in [1.165, 1.54) is 19.3 Å². The quantitative estimate of drug-likeness (QED) is 0.909. The zero-order valence-electron chi connectivity index (χ0n) is 10.5. The van der Waals surface area contributed by atoms with Crippen molar-refractivity contribution in [2.45, 2.75) is 38.1 Å². The van der Waals surface area contributed by atoms with Gasteiger partial charge in [-0.05, 0) is 31.0 Å². The summed E-state index contributed by atoms with van der Waals surface area (Å²) in [6.45, 7) is 0. The van der Waals surface area contributed by atoms with Crippen LogP contribution < -0.4 is 0 Å². The Kier molecular flexibility index (Phi) is 3.31. The third-order valence-electron chi connectivity index (χ3n) is 3.79. The van der Waals surface area contributed by atoms with Gasteiger partial charge in [0, 0.05) is 9.86 Å². The second-order valence-electron chi connectivity index (χ2n) is 5.05. The Morgan fingerprint density at radius 1 is 1.32 bits per heavy atom. The van der Waals surface area contributed by atoms with E-state index in [1.807, 2.05) is 22.9 Å². The van der Waals surface area contributed by atoms with E-state index < -0.39 is 5.97 Å². The van der Waals surface area contributed by atoms with Gasteiger partial charge in [0.25, 0.3) is 0 Å². The van der Waals surface area contributed by atoms with Gasteiger partial charge in [-0.3, -0.25) is 4.68 Å². The molecule has 0 radical (unpaired) electrons. The maximum absolute atomic E-state index is 11.3. The molecule has 0 aliphatic heterocycles. The molecule has 1 saturated carbocycles. The number of nitrogens with zero attached hydrogens (tertiary/aromatic N) is 2. The van der Waals surface area contributed by atoms with Gasteiger partial charge in [-0.1, -0.05) is 35.2 Å². The lowest BCUT2D eigenvalue weighted by Crippen LogP contribution is -2.14. The van der Waals surface area contributed by atoms with Gasteiger partial charge in [0.2, 0.25) is 0 Å². The largest absolute Gasteiger partial charge is 0.476 e. The van der Waals surface area contributed by atoms with Crippen molar-refractivity contribution < 1.29 is 9.90 Å². The van der Waals surface area contributed by atoms with Crippen LogP contribution in [0.4, 0.5) is 0 Å². The number of rotatable bonds is 2. The Morgan fingerprint density at radius 2 is 2.05 bits per heavy atom. The third-order valence-corrected chi connectivity index (χ3v) is 4.28. The smallest absolute Gasteiger partial charge is 0.357 e. The van der Waals surface area contributed by atoms with Gasteiger partial charge in [0.15, 0.2) is 5.69 Å². The number of carbonyl (C=O) groups is 1. The molecule has 1 aliphatic carbocycles. The zero-order chi connectivity index (χ0) is 13.4. The molecule has 100 valence electrons. The van der Waals surface area contributed by atoms with E-state index in [0.29, 0.717) is 11.4 Å². The van der Waals surface area contributed by atoms with Gasteiger partial charge in [0.1, 0.15) is 0 Å². The van der Waals surface area contributed by atoms with Crippen LogP contribution in [-0.2, 0) is 0 Å². The molecule has 2 aromatic rings. The molecule has 3 rings (SSSR count). The van der Waals surface area contributed by atoms with Crippen molar-refractivity contribution in [3.63, 3.8) is 0 Å². The van der Waals surface area contributed by atoms with Crippen molar-refractivity contribution in [1.29, 1.82) is 0 Å². The van der Waals surface area contributed by atoms with Crippen molar-refractivity contribution in [3.05, 3.63) is 28.4 Å². The van der Waals surface area contributed by atoms with Crippen LogP contribution in [0.25, 0.3) is 10.9 Å². The lowest BCUT2D eigenvalue weighted by atomic mass is 9.95. The van der Waals surface area contributed by atoms with Crippen molar-refractivity contribution in [2.75, 3.05) is 0 Å². The first kappa shape index (κ1) is 12.7. The van der Waals surface area contributed by atoms with Gasteiger partial charge in [-0.2, -0.15) is 5.10 Å². The number of aromatic carboxylic acids is 1. The van der Waals surface area contributed by atoms with Crippen LogP contribution in [0, 0.1) is 0 Å². The predicted molar refractivity (Wildman–Crippen MR) is 76.5 cm³/mol. The van der Waals surface area contributed by atoms with Crippen LogP contribution in [0.5, 0.6) is 0 Å². The van der Waals surface area contributed by atoms with E-state index in [9.17, 15) is 9.90 Å². The summed E-state index contributed by atoms with van der Waals surface area (Å²) >= 11 is 3.39. The summed E-state index contributed by atoms with van der Waals surface area (Å²) in [6.07, 6.45) is 5.85. The van der Waals surface area contributed by atoms with Crippen LogP contribution in [0.15, 0.2) is 22.7 Å². The van der Waals surface area contributed by atoms with Gasteiger partial charge in [0.05, 0.1) is 11.6 Å². The third kappa shape index (κ3) is 2.27. The Labute approximate surface area is 119 Å². The van der Waals surface area contributed by atoms with Gasteiger partial charge in [-0.15, -0.1) is 0 Å². The second-order valence-corrected chi connectivity index (χ2v) is 5.97. The highest BCUT2D eigenvalue weighted by Crippen LogP contribution is 2.32. The van der Waals surface area contributed by atoms with E-state index >= 15 is 0 Å². The summed E-state index contributed by atoms with van der Waals surface area (Å²) in [5.74, 6) is -0.961. The number of fused-ring (bicyclic) bond motifs is 1. The maximum atomic E-state index is 11.3. The molecule has 0 amide bonds. The van der Waals surface area contributed by atoms with E-state index in [2.05, 4.69) is 21.0 Å². The fourth-order valence-corrected chi connectivity index (χ4v) is 3.24. The van der Waals surface area contributed by atoms with E-state index in [1.54, 1.807) is 0 Å². The lowest BCUT2D eigenvalue weighted by Gasteiger charge is -2.22. The topological polar surface area (TPSA) is 55.1 Å². The molecule has 0 saturated heterocycles. The molecule has 4 nitrogen and oxygen atoms in total. The minimum absolute atomic E-state index is 0.155. The molecule has 0 spiro atoms. The molecule has 0 unspecified atom stereocenters. The first-order valence-electron chi connectivity index (χ1n) is 6.58. The molecule has 1 aliphatic rings. The minimum atomic E-state index is -0.961. The Morgan fingerprint density at radius 3 is 2.74 bits per heavy atom. The van der Waals surface area contributed by atoms with Gasteiger partial charge < -0.3 is 5.11 Å². The maximum Gasteiger partial charge on any atom is 0.357 e. The van der Waals surface area contributed by atoms with Crippen molar-refractivity contribution in [3.8, 4) is 0 Å². The summed E-state index contributed by atoms with van der Waals surface area (Å²) in [5.41, 5.74) is 1.08. The number of carboxylic acid groups (broad SMARTS) is 1. The molecule has 1 aromatic heterocycles.